The fraction of sp³-hybridized carbons (Fsp3) is 0.867. The van der Waals surface area contributed by atoms with Crippen LogP contribution in [0.15, 0.2) is 0 Å². The molecule has 2 aliphatic rings. The lowest BCUT2D eigenvalue weighted by Crippen LogP contribution is -2.41. The number of carbonyl (C=O) groups is 2. The van der Waals surface area contributed by atoms with Gasteiger partial charge < -0.3 is 15.2 Å². The van der Waals surface area contributed by atoms with Crippen molar-refractivity contribution in [3.63, 3.8) is 0 Å². The van der Waals surface area contributed by atoms with Crippen molar-refractivity contribution in [3.05, 3.63) is 0 Å². The quantitative estimate of drug-likeness (QED) is 0.732. The average Bonchev–Trinajstić information content (AvgIpc) is 3.21. The average molecular weight is 283 g/mol. The van der Waals surface area contributed by atoms with Crippen LogP contribution in [0, 0.1) is 5.41 Å². The van der Waals surface area contributed by atoms with E-state index in [0.29, 0.717) is 12.8 Å². The standard InChI is InChI=1S/C15H25NO4/c1-11(20-12-6-4-2-3-5-7-12)13(17)16-10-15(8-9-15)14(18)19/h11-12H,2-10H2,1H3,(H,16,17)(H,18,19). The van der Waals surface area contributed by atoms with Crippen LogP contribution in [0.2, 0.25) is 0 Å². The van der Waals surface area contributed by atoms with Gasteiger partial charge in [-0.3, -0.25) is 9.59 Å². The summed E-state index contributed by atoms with van der Waals surface area (Å²) in [6, 6.07) is 0. The lowest BCUT2D eigenvalue weighted by atomic mass is 10.1. The van der Waals surface area contributed by atoms with Crippen molar-refractivity contribution in [2.45, 2.75) is 70.5 Å². The highest BCUT2D eigenvalue weighted by Gasteiger charge is 2.50. The van der Waals surface area contributed by atoms with Gasteiger partial charge in [0.25, 0.3) is 0 Å². The van der Waals surface area contributed by atoms with Crippen LogP contribution in [0.4, 0.5) is 0 Å². The second-order valence-corrected chi connectivity index (χ2v) is 6.20. The van der Waals surface area contributed by atoms with Crippen molar-refractivity contribution >= 4 is 11.9 Å². The fourth-order valence-corrected chi connectivity index (χ4v) is 2.75. The Morgan fingerprint density at radius 2 is 1.85 bits per heavy atom. The summed E-state index contributed by atoms with van der Waals surface area (Å²) in [5.41, 5.74) is -0.711. The summed E-state index contributed by atoms with van der Waals surface area (Å²) in [7, 11) is 0. The molecule has 5 heteroatoms. The first-order chi connectivity index (χ1) is 9.53. The van der Waals surface area contributed by atoms with E-state index in [4.69, 9.17) is 9.84 Å². The highest BCUT2D eigenvalue weighted by Crippen LogP contribution is 2.45. The van der Waals surface area contributed by atoms with Gasteiger partial charge in [-0.2, -0.15) is 0 Å². The molecule has 2 fully saturated rings. The summed E-state index contributed by atoms with van der Waals surface area (Å²) in [4.78, 5) is 23.0. The molecule has 0 spiro atoms. The highest BCUT2D eigenvalue weighted by molar-refractivity contribution is 5.83. The van der Waals surface area contributed by atoms with Crippen LogP contribution in [0.3, 0.4) is 0 Å². The Morgan fingerprint density at radius 3 is 2.35 bits per heavy atom. The van der Waals surface area contributed by atoms with Gasteiger partial charge in [0.2, 0.25) is 5.91 Å². The van der Waals surface area contributed by atoms with E-state index < -0.39 is 17.5 Å². The zero-order valence-corrected chi connectivity index (χ0v) is 12.2. The lowest BCUT2D eigenvalue weighted by Gasteiger charge is -2.21. The first-order valence-electron chi connectivity index (χ1n) is 7.70. The van der Waals surface area contributed by atoms with Crippen molar-refractivity contribution in [3.8, 4) is 0 Å². The Morgan fingerprint density at radius 1 is 1.25 bits per heavy atom. The van der Waals surface area contributed by atoms with Gasteiger partial charge in [0.05, 0.1) is 11.5 Å². The van der Waals surface area contributed by atoms with Gasteiger partial charge in [0.15, 0.2) is 0 Å². The number of carboxylic acid groups (broad SMARTS) is 1. The maximum absolute atomic E-state index is 12.0. The van der Waals surface area contributed by atoms with E-state index in [1.165, 1.54) is 25.7 Å². The van der Waals surface area contributed by atoms with Crippen molar-refractivity contribution in [1.82, 2.24) is 5.32 Å². The molecule has 1 unspecified atom stereocenters. The third-order valence-corrected chi connectivity index (χ3v) is 4.48. The molecule has 1 amide bonds. The van der Waals surface area contributed by atoms with E-state index in [-0.39, 0.29) is 18.6 Å². The first-order valence-corrected chi connectivity index (χ1v) is 7.70. The van der Waals surface area contributed by atoms with E-state index in [1.54, 1.807) is 6.92 Å². The number of ether oxygens (including phenoxy) is 1. The number of carboxylic acids is 1. The van der Waals surface area contributed by atoms with Crippen LogP contribution < -0.4 is 5.32 Å². The minimum atomic E-state index is -0.810. The van der Waals surface area contributed by atoms with E-state index >= 15 is 0 Å². The molecule has 20 heavy (non-hydrogen) atoms. The van der Waals surface area contributed by atoms with Gasteiger partial charge in [0, 0.05) is 6.54 Å². The normalized spacial score (nSPS) is 23.6. The van der Waals surface area contributed by atoms with Gasteiger partial charge in [-0.05, 0) is 32.6 Å². The Bertz CT molecular complexity index is 357. The molecule has 0 heterocycles. The number of rotatable bonds is 6. The topological polar surface area (TPSA) is 75.6 Å². The Kier molecular flexibility index (Phi) is 5.02. The predicted octanol–water partition coefficient (Wildman–Crippen LogP) is 2.10. The monoisotopic (exact) mass is 283 g/mol. The van der Waals surface area contributed by atoms with E-state index in [9.17, 15) is 9.59 Å². The van der Waals surface area contributed by atoms with Gasteiger partial charge in [-0.25, -0.2) is 0 Å². The molecular formula is C15H25NO4. The summed E-state index contributed by atoms with van der Waals surface area (Å²) < 4.78 is 5.82. The first kappa shape index (κ1) is 15.3. The van der Waals surface area contributed by atoms with Crippen LogP contribution >= 0.6 is 0 Å². The molecule has 0 aromatic heterocycles. The molecule has 0 aromatic carbocycles. The van der Waals surface area contributed by atoms with Crippen LogP contribution in [0.5, 0.6) is 0 Å². The fourth-order valence-electron chi connectivity index (χ4n) is 2.75. The second-order valence-electron chi connectivity index (χ2n) is 6.20. The molecule has 2 rings (SSSR count). The SMILES string of the molecule is CC(OC1CCCCCC1)C(=O)NCC1(C(=O)O)CC1. The number of aliphatic carboxylic acids is 1. The molecule has 0 aromatic rings. The molecule has 0 bridgehead atoms. The molecule has 5 nitrogen and oxygen atoms in total. The zero-order chi connectivity index (χ0) is 14.6. The Balaban J connectivity index is 1.72. The number of hydrogen-bond donors (Lipinski definition) is 2. The van der Waals surface area contributed by atoms with Crippen molar-refractivity contribution in [2.24, 2.45) is 5.41 Å². The molecule has 1 atom stereocenters. The molecule has 0 radical (unpaired) electrons. The van der Waals surface area contributed by atoms with Crippen LogP contribution in [0.1, 0.15) is 58.3 Å². The zero-order valence-electron chi connectivity index (χ0n) is 12.2. The largest absolute Gasteiger partial charge is 0.481 e. The summed E-state index contributed by atoms with van der Waals surface area (Å²) in [6.07, 6.45) is 7.87. The number of amides is 1. The molecule has 114 valence electrons. The van der Waals surface area contributed by atoms with Gasteiger partial charge >= 0.3 is 5.97 Å². The third-order valence-electron chi connectivity index (χ3n) is 4.48. The summed E-state index contributed by atoms with van der Waals surface area (Å²) in [6.45, 7) is 1.97. The molecule has 0 aliphatic heterocycles. The van der Waals surface area contributed by atoms with Crippen molar-refractivity contribution in [1.29, 1.82) is 0 Å². The van der Waals surface area contributed by atoms with Crippen molar-refractivity contribution < 1.29 is 19.4 Å². The highest BCUT2D eigenvalue weighted by atomic mass is 16.5. The predicted molar refractivity (Wildman–Crippen MR) is 74.3 cm³/mol. The number of hydrogen-bond acceptors (Lipinski definition) is 3. The lowest BCUT2D eigenvalue weighted by molar-refractivity contribution is -0.144. The maximum atomic E-state index is 12.0. The van der Waals surface area contributed by atoms with E-state index in [2.05, 4.69) is 5.32 Å². The minimum Gasteiger partial charge on any atom is -0.481 e. The maximum Gasteiger partial charge on any atom is 0.311 e. The van der Waals surface area contributed by atoms with Gasteiger partial charge in [-0.15, -0.1) is 0 Å². The minimum absolute atomic E-state index is 0.174. The summed E-state index contributed by atoms with van der Waals surface area (Å²) in [5, 5.41) is 11.8. The number of carbonyl (C=O) groups excluding carboxylic acids is 1. The Hall–Kier alpha value is -1.10. The molecule has 2 aliphatic carbocycles. The second kappa shape index (κ2) is 6.57. The van der Waals surface area contributed by atoms with Gasteiger partial charge in [-0.1, -0.05) is 25.7 Å². The van der Waals surface area contributed by atoms with E-state index in [1.807, 2.05) is 0 Å². The molecule has 2 saturated carbocycles. The Labute approximate surface area is 120 Å². The third kappa shape index (κ3) is 3.95. The van der Waals surface area contributed by atoms with Crippen LogP contribution in [0.25, 0.3) is 0 Å². The van der Waals surface area contributed by atoms with Crippen molar-refractivity contribution in [2.75, 3.05) is 6.54 Å². The van der Waals surface area contributed by atoms with E-state index in [0.717, 1.165) is 12.8 Å². The number of nitrogens with one attached hydrogen (secondary N) is 1. The molecular weight excluding hydrogens is 258 g/mol. The van der Waals surface area contributed by atoms with Crippen LogP contribution in [-0.2, 0) is 14.3 Å². The van der Waals surface area contributed by atoms with Crippen LogP contribution in [-0.4, -0.2) is 35.7 Å². The smallest absolute Gasteiger partial charge is 0.311 e. The molecule has 2 N–H and O–H groups in total. The van der Waals surface area contributed by atoms with Gasteiger partial charge in [0.1, 0.15) is 6.10 Å². The molecule has 0 saturated heterocycles. The summed E-state index contributed by atoms with van der Waals surface area (Å²) in [5.74, 6) is -1.00. The summed E-state index contributed by atoms with van der Waals surface area (Å²) >= 11 is 0.